The third kappa shape index (κ3) is 3.74. The molecule has 0 saturated carbocycles. The van der Waals surface area contributed by atoms with E-state index in [1.807, 2.05) is 38.1 Å². The largest absolute Gasteiger partial charge is 0.352 e. The molecule has 2 N–H and O–H groups in total. The van der Waals surface area contributed by atoms with Crippen LogP contribution in [-0.2, 0) is 11.3 Å². The van der Waals surface area contributed by atoms with E-state index in [0.717, 1.165) is 31.5 Å². The molecule has 1 aliphatic rings. The topological polar surface area (TPSA) is 41.1 Å². The Hall–Kier alpha value is -1.06. The van der Waals surface area contributed by atoms with Gasteiger partial charge in [-0.2, -0.15) is 0 Å². The Kier molecular flexibility index (Phi) is 5.06. The Morgan fingerprint density at radius 1 is 1.40 bits per heavy atom. The second kappa shape index (κ2) is 6.59. The van der Waals surface area contributed by atoms with Gasteiger partial charge in [0.2, 0.25) is 5.91 Å². The second-order valence-electron chi connectivity index (χ2n) is 6.07. The van der Waals surface area contributed by atoms with Gasteiger partial charge in [0, 0.05) is 17.0 Å². The van der Waals surface area contributed by atoms with E-state index >= 15 is 0 Å². The molecule has 1 aromatic carbocycles. The average Bonchev–Trinajstić information content (AvgIpc) is 2.47. The lowest BCUT2D eigenvalue weighted by Gasteiger charge is -2.36. The predicted molar refractivity (Wildman–Crippen MR) is 82.7 cm³/mol. The maximum atomic E-state index is 12.4. The Balaban J connectivity index is 1.91. The van der Waals surface area contributed by atoms with E-state index < -0.39 is 0 Å². The van der Waals surface area contributed by atoms with Crippen molar-refractivity contribution >= 4 is 17.5 Å². The first-order valence-electron chi connectivity index (χ1n) is 7.23. The lowest BCUT2D eigenvalue weighted by Crippen LogP contribution is -2.47. The summed E-state index contributed by atoms with van der Waals surface area (Å²) in [6.45, 7) is 6.64. The number of halogens is 1. The lowest BCUT2D eigenvalue weighted by molar-refractivity contribution is -0.132. The summed E-state index contributed by atoms with van der Waals surface area (Å²) >= 11 is 5.85. The number of piperidine rings is 1. The molecule has 3 nitrogen and oxygen atoms in total. The highest BCUT2D eigenvalue weighted by Crippen LogP contribution is 2.32. The highest BCUT2D eigenvalue weighted by atomic mass is 35.5. The smallest absolute Gasteiger partial charge is 0.226 e. The van der Waals surface area contributed by atoms with Gasteiger partial charge >= 0.3 is 0 Å². The van der Waals surface area contributed by atoms with Gasteiger partial charge in [0.1, 0.15) is 0 Å². The normalized spacial score (nSPS) is 19.6. The molecule has 1 heterocycles. The molecule has 1 atom stereocenters. The van der Waals surface area contributed by atoms with Crippen LogP contribution in [0.25, 0.3) is 0 Å². The molecule has 1 unspecified atom stereocenters. The van der Waals surface area contributed by atoms with Gasteiger partial charge in [0.15, 0.2) is 0 Å². The van der Waals surface area contributed by atoms with Crippen molar-refractivity contribution in [2.24, 2.45) is 11.3 Å². The van der Waals surface area contributed by atoms with Crippen LogP contribution in [0.2, 0.25) is 5.02 Å². The average molecular weight is 295 g/mol. The summed E-state index contributed by atoms with van der Waals surface area (Å²) in [5.74, 6) is 0.530. The zero-order valence-corrected chi connectivity index (χ0v) is 13.0. The maximum Gasteiger partial charge on any atom is 0.226 e. The van der Waals surface area contributed by atoms with Crippen molar-refractivity contribution in [3.8, 4) is 0 Å². The minimum Gasteiger partial charge on any atom is -0.352 e. The van der Waals surface area contributed by atoms with Crippen molar-refractivity contribution in [3.63, 3.8) is 0 Å². The molecule has 0 aliphatic carbocycles. The molecule has 1 aliphatic heterocycles. The number of hydrogen-bond acceptors (Lipinski definition) is 2. The van der Waals surface area contributed by atoms with Gasteiger partial charge in [-0.25, -0.2) is 0 Å². The minimum absolute atomic E-state index is 0.126. The molecule has 0 spiro atoms. The molecular formula is C16H23ClN2O. The Labute approximate surface area is 126 Å². The zero-order chi connectivity index (χ0) is 14.6. The van der Waals surface area contributed by atoms with Crippen molar-refractivity contribution in [2.75, 3.05) is 13.1 Å². The summed E-state index contributed by atoms with van der Waals surface area (Å²) in [5.41, 5.74) is 0.736. The summed E-state index contributed by atoms with van der Waals surface area (Å²) in [7, 11) is 0. The van der Waals surface area contributed by atoms with Gasteiger partial charge in [-0.15, -0.1) is 0 Å². The van der Waals surface area contributed by atoms with Crippen LogP contribution in [0.4, 0.5) is 0 Å². The van der Waals surface area contributed by atoms with Gasteiger partial charge in [-0.05, 0) is 49.5 Å². The summed E-state index contributed by atoms with van der Waals surface area (Å²) < 4.78 is 0. The first-order valence-corrected chi connectivity index (χ1v) is 7.61. The molecule has 2 rings (SSSR count). The summed E-state index contributed by atoms with van der Waals surface area (Å²) in [4.78, 5) is 12.4. The van der Waals surface area contributed by atoms with Gasteiger partial charge in [0.25, 0.3) is 0 Å². The first kappa shape index (κ1) is 15.3. The molecule has 0 aromatic heterocycles. The number of hydrogen-bond donors (Lipinski definition) is 2. The van der Waals surface area contributed by atoms with E-state index in [1.165, 1.54) is 0 Å². The number of carbonyl (C=O) groups excluding carboxylic acids is 1. The third-order valence-electron chi connectivity index (χ3n) is 4.27. The lowest BCUT2D eigenvalue weighted by atomic mass is 9.74. The Morgan fingerprint density at radius 3 is 2.70 bits per heavy atom. The van der Waals surface area contributed by atoms with E-state index in [1.54, 1.807) is 0 Å². The molecule has 110 valence electrons. The van der Waals surface area contributed by atoms with Crippen LogP contribution in [0.1, 0.15) is 32.3 Å². The Bertz CT molecular complexity index is 450. The van der Waals surface area contributed by atoms with E-state index in [2.05, 4.69) is 10.6 Å². The first-order chi connectivity index (χ1) is 9.50. The summed E-state index contributed by atoms with van der Waals surface area (Å²) in [6.07, 6.45) is 2.27. The van der Waals surface area contributed by atoms with Crippen LogP contribution >= 0.6 is 11.6 Å². The maximum absolute atomic E-state index is 12.4. The number of benzene rings is 1. The quantitative estimate of drug-likeness (QED) is 0.896. The fraction of sp³-hybridized carbons (Fsp3) is 0.562. The standard InChI is InChI=1S/C16H23ClN2O/c1-16(2,13-4-3-9-18-11-13)15(20)19-10-12-5-7-14(17)8-6-12/h5-8,13,18H,3-4,9-11H2,1-2H3,(H,19,20). The molecular weight excluding hydrogens is 272 g/mol. The molecule has 4 heteroatoms. The van der Waals surface area contributed by atoms with Crippen molar-refractivity contribution in [3.05, 3.63) is 34.9 Å². The predicted octanol–water partition coefficient (Wildman–Crippen LogP) is 2.98. The van der Waals surface area contributed by atoms with Gasteiger partial charge < -0.3 is 10.6 Å². The van der Waals surface area contributed by atoms with Crippen molar-refractivity contribution < 1.29 is 4.79 Å². The molecule has 1 saturated heterocycles. The molecule has 0 radical (unpaired) electrons. The summed E-state index contributed by atoms with van der Waals surface area (Å²) in [5, 5.41) is 7.14. The monoisotopic (exact) mass is 294 g/mol. The van der Waals surface area contributed by atoms with Crippen LogP contribution in [0, 0.1) is 11.3 Å². The van der Waals surface area contributed by atoms with Crippen LogP contribution in [0.15, 0.2) is 24.3 Å². The van der Waals surface area contributed by atoms with Gasteiger partial charge in [-0.1, -0.05) is 37.6 Å². The van der Waals surface area contributed by atoms with Crippen LogP contribution in [0.3, 0.4) is 0 Å². The molecule has 1 amide bonds. The number of rotatable bonds is 4. The SMILES string of the molecule is CC(C)(C(=O)NCc1ccc(Cl)cc1)C1CCCNC1. The third-order valence-corrected chi connectivity index (χ3v) is 4.52. The van der Waals surface area contributed by atoms with Crippen LogP contribution < -0.4 is 10.6 Å². The van der Waals surface area contributed by atoms with E-state index in [9.17, 15) is 4.79 Å². The van der Waals surface area contributed by atoms with Crippen molar-refractivity contribution in [1.82, 2.24) is 10.6 Å². The number of amides is 1. The highest BCUT2D eigenvalue weighted by Gasteiger charge is 2.36. The van der Waals surface area contributed by atoms with E-state index in [4.69, 9.17) is 11.6 Å². The molecule has 1 fully saturated rings. The molecule has 0 bridgehead atoms. The van der Waals surface area contributed by atoms with E-state index in [-0.39, 0.29) is 11.3 Å². The van der Waals surface area contributed by atoms with Gasteiger partial charge in [0.05, 0.1) is 0 Å². The fourth-order valence-corrected chi connectivity index (χ4v) is 2.79. The highest BCUT2D eigenvalue weighted by molar-refractivity contribution is 6.30. The minimum atomic E-state index is -0.333. The van der Waals surface area contributed by atoms with Crippen molar-refractivity contribution in [1.29, 1.82) is 0 Å². The van der Waals surface area contributed by atoms with Crippen molar-refractivity contribution in [2.45, 2.75) is 33.2 Å². The van der Waals surface area contributed by atoms with Crippen LogP contribution in [0.5, 0.6) is 0 Å². The zero-order valence-electron chi connectivity index (χ0n) is 12.2. The molecule has 20 heavy (non-hydrogen) atoms. The second-order valence-corrected chi connectivity index (χ2v) is 6.51. The fourth-order valence-electron chi connectivity index (χ4n) is 2.67. The summed E-state index contributed by atoms with van der Waals surface area (Å²) in [6, 6.07) is 7.58. The van der Waals surface area contributed by atoms with Gasteiger partial charge in [-0.3, -0.25) is 4.79 Å². The van der Waals surface area contributed by atoms with Crippen LogP contribution in [-0.4, -0.2) is 19.0 Å². The Morgan fingerprint density at radius 2 is 2.10 bits per heavy atom. The molecule has 1 aromatic rings. The number of carbonyl (C=O) groups is 1. The number of nitrogens with one attached hydrogen (secondary N) is 2. The van der Waals surface area contributed by atoms with E-state index in [0.29, 0.717) is 17.5 Å².